The predicted octanol–water partition coefficient (Wildman–Crippen LogP) is 1.22. The molecular weight excluding hydrogens is 366 g/mol. The van der Waals surface area contributed by atoms with Gasteiger partial charge in [-0.15, -0.1) is 6.58 Å². The number of aliphatic hydroxyl groups is 1. The van der Waals surface area contributed by atoms with Crippen molar-refractivity contribution in [3.63, 3.8) is 0 Å². The first-order valence-corrected chi connectivity index (χ1v) is 10.4. The molecule has 1 N–H and O–H groups in total. The van der Waals surface area contributed by atoms with E-state index >= 15 is 0 Å². The van der Waals surface area contributed by atoms with Gasteiger partial charge in [-0.3, -0.25) is 0 Å². The third-order valence-corrected chi connectivity index (χ3v) is 6.69. The van der Waals surface area contributed by atoms with Crippen LogP contribution in [0.25, 0.3) is 0 Å². The Morgan fingerprint density at radius 1 is 1.52 bits per heavy atom. The molecule has 7 nitrogen and oxygen atoms in total. The maximum absolute atomic E-state index is 12.0. The van der Waals surface area contributed by atoms with Crippen LogP contribution in [0.15, 0.2) is 25.0 Å². The molecule has 1 aliphatic heterocycles. The Labute approximate surface area is 152 Å². The minimum atomic E-state index is -3.60. The maximum Gasteiger partial charge on any atom is 0.180 e. The van der Waals surface area contributed by atoms with Gasteiger partial charge < -0.3 is 14.7 Å². The van der Waals surface area contributed by atoms with Crippen molar-refractivity contribution in [2.24, 2.45) is 0 Å². The van der Waals surface area contributed by atoms with E-state index in [1.165, 1.54) is 12.4 Å². The van der Waals surface area contributed by atoms with Crippen LogP contribution < -0.4 is 4.90 Å². The molecule has 0 spiro atoms. The number of anilines is 1. The number of aromatic nitrogens is 2. The van der Waals surface area contributed by atoms with Gasteiger partial charge in [0.2, 0.25) is 0 Å². The lowest BCUT2D eigenvalue weighted by atomic mass is 9.98. The molecule has 0 amide bonds. The highest BCUT2D eigenvalue weighted by Gasteiger charge is 2.49. The SMILES string of the molecule is C=CCS(=O)(=O)C(O)CC1(c2cc(N3CCOC(Cl)C3)ncn2)CC1. The van der Waals surface area contributed by atoms with Crippen LogP contribution in [-0.4, -0.2) is 59.9 Å². The van der Waals surface area contributed by atoms with Gasteiger partial charge in [0.25, 0.3) is 0 Å². The molecule has 1 saturated heterocycles. The average Bonchev–Trinajstić information content (AvgIpc) is 3.36. The average molecular weight is 388 g/mol. The normalized spacial score (nSPS) is 23.9. The molecule has 9 heteroatoms. The lowest BCUT2D eigenvalue weighted by Gasteiger charge is -2.31. The smallest absolute Gasteiger partial charge is 0.180 e. The van der Waals surface area contributed by atoms with E-state index in [0.29, 0.717) is 19.7 Å². The Morgan fingerprint density at radius 3 is 2.92 bits per heavy atom. The summed E-state index contributed by atoms with van der Waals surface area (Å²) in [6.45, 7) is 5.17. The third kappa shape index (κ3) is 4.13. The Morgan fingerprint density at radius 2 is 2.28 bits per heavy atom. The number of halogens is 1. The summed E-state index contributed by atoms with van der Waals surface area (Å²) in [6, 6.07) is 1.87. The van der Waals surface area contributed by atoms with Crippen LogP contribution in [0.4, 0.5) is 5.82 Å². The molecule has 1 aromatic heterocycles. The van der Waals surface area contributed by atoms with Gasteiger partial charge in [-0.05, 0) is 19.3 Å². The number of nitrogens with zero attached hydrogens (tertiary/aromatic N) is 3. The summed E-state index contributed by atoms with van der Waals surface area (Å²) in [5.74, 6) is 0.512. The molecule has 3 rings (SSSR count). The van der Waals surface area contributed by atoms with Crippen LogP contribution in [0.2, 0.25) is 0 Å². The molecular formula is C16H22ClN3O4S. The number of rotatable bonds is 7. The Balaban J connectivity index is 1.77. The molecule has 1 aliphatic carbocycles. The van der Waals surface area contributed by atoms with Crippen LogP contribution in [0, 0.1) is 0 Å². The summed E-state index contributed by atoms with van der Waals surface area (Å²) in [6.07, 6.45) is 4.51. The van der Waals surface area contributed by atoms with E-state index in [2.05, 4.69) is 16.5 Å². The van der Waals surface area contributed by atoms with Gasteiger partial charge in [-0.1, -0.05) is 17.7 Å². The number of alkyl halides is 1. The maximum atomic E-state index is 12.0. The van der Waals surface area contributed by atoms with Crippen LogP contribution >= 0.6 is 11.6 Å². The highest BCUT2D eigenvalue weighted by atomic mass is 35.5. The fourth-order valence-corrected chi connectivity index (χ4v) is 4.46. The van der Waals surface area contributed by atoms with Crippen LogP contribution in [0.1, 0.15) is 25.0 Å². The van der Waals surface area contributed by atoms with E-state index in [0.717, 1.165) is 24.4 Å². The second-order valence-electron chi connectivity index (χ2n) is 6.55. The van der Waals surface area contributed by atoms with Crippen molar-refractivity contribution in [3.05, 3.63) is 30.7 Å². The second kappa shape index (κ2) is 7.19. The zero-order valence-electron chi connectivity index (χ0n) is 13.8. The van der Waals surface area contributed by atoms with Crippen LogP contribution in [0.3, 0.4) is 0 Å². The summed E-state index contributed by atoms with van der Waals surface area (Å²) in [4.78, 5) is 10.7. The molecule has 0 bridgehead atoms. The van der Waals surface area contributed by atoms with Crippen molar-refractivity contribution in [3.8, 4) is 0 Å². The predicted molar refractivity (Wildman–Crippen MR) is 95.4 cm³/mol. The van der Waals surface area contributed by atoms with Gasteiger partial charge >= 0.3 is 0 Å². The molecule has 2 aliphatic rings. The molecule has 2 fully saturated rings. The lowest BCUT2D eigenvalue weighted by molar-refractivity contribution is 0.0931. The fraction of sp³-hybridized carbons (Fsp3) is 0.625. The van der Waals surface area contributed by atoms with Gasteiger partial charge in [-0.25, -0.2) is 18.4 Å². The van der Waals surface area contributed by atoms with Gasteiger partial charge in [0, 0.05) is 18.0 Å². The monoisotopic (exact) mass is 387 g/mol. The molecule has 138 valence electrons. The van der Waals surface area contributed by atoms with Gasteiger partial charge in [0.15, 0.2) is 15.3 Å². The Kier molecular flexibility index (Phi) is 5.34. The minimum Gasteiger partial charge on any atom is -0.377 e. The van der Waals surface area contributed by atoms with E-state index < -0.39 is 20.7 Å². The van der Waals surface area contributed by atoms with Crippen molar-refractivity contribution in [1.82, 2.24) is 9.97 Å². The zero-order valence-corrected chi connectivity index (χ0v) is 15.4. The van der Waals surface area contributed by atoms with E-state index in [9.17, 15) is 13.5 Å². The van der Waals surface area contributed by atoms with Crippen molar-refractivity contribution in [2.45, 2.75) is 35.7 Å². The largest absolute Gasteiger partial charge is 0.377 e. The number of morpholine rings is 1. The number of aliphatic hydroxyl groups excluding tert-OH is 1. The van der Waals surface area contributed by atoms with Gasteiger partial charge in [-0.2, -0.15) is 0 Å². The fourth-order valence-electron chi connectivity index (χ4n) is 3.08. The van der Waals surface area contributed by atoms with E-state index in [4.69, 9.17) is 16.3 Å². The number of sulfone groups is 1. The first-order chi connectivity index (χ1) is 11.9. The van der Waals surface area contributed by atoms with E-state index in [-0.39, 0.29) is 17.7 Å². The minimum absolute atomic E-state index is 0.140. The van der Waals surface area contributed by atoms with E-state index in [1.54, 1.807) is 0 Å². The first kappa shape index (κ1) is 18.6. The molecule has 2 heterocycles. The van der Waals surface area contributed by atoms with Crippen molar-refractivity contribution in [1.29, 1.82) is 0 Å². The molecule has 0 aromatic carbocycles. The number of ether oxygens (including phenoxy) is 1. The highest BCUT2D eigenvalue weighted by molar-refractivity contribution is 7.91. The molecule has 0 radical (unpaired) electrons. The van der Waals surface area contributed by atoms with Gasteiger partial charge in [0.05, 0.1) is 24.6 Å². The van der Waals surface area contributed by atoms with Crippen LogP contribution in [0.5, 0.6) is 0 Å². The summed E-state index contributed by atoms with van der Waals surface area (Å²) < 4.78 is 29.4. The quantitative estimate of drug-likeness (QED) is 0.555. The van der Waals surface area contributed by atoms with Crippen molar-refractivity contribution in [2.75, 3.05) is 30.3 Å². The Hall–Kier alpha value is -1.22. The molecule has 2 unspecified atom stereocenters. The summed E-state index contributed by atoms with van der Waals surface area (Å²) >= 11 is 6.04. The van der Waals surface area contributed by atoms with E-state index in [1.807, 2.05) is 11.0 Å². The molecule has 25 heavy (non-hydrogen) atoms. The lowest BCUT2D eigenvalue weighted by Crippen LogP contribution is -2.40. The van der Waals surface area contributed by atoms with Crippen molar-refractivity contribution < 1.29 is 18.3 Å². The first-order valence-electron chi connectivity index (χ1n) is 8.20. The summed E-state index contributed by atoms with van der Waals surface area (Å²) in [7, 11) is -3.60. The standard InChI is InChI=1S/C16H22ClN3O4S/c1-2-7-25(22,23)15(21)9-16(3-4-16)12-8-14(19-11-18-12)20-5-6-24-13(17)10-20/h2,8,11,13,15,21H,1,3-7,9-10H2. The Bertz CT molecular complexity index is 739. The second-order valence-corrected chi connectivity index (χ2v) is 9.24. The number of hydrogen-bond donors (Lipinski definition) is 1. The third-order valence-electron chi connectivity index (χ3n) is 4.73. The molecule has 2 atom stereocenters. The number of hydrogen-bond acceptors (Lipinski definition) is 7. The zero-order chi connectivity index (χ0) is 18.1. The molecule has 1 saturated carbocycles. The topological polar surface area (TPSA) is 92.6 Å². The summed E-state index contributed by atoms with van der Waals surface area (Å²) in [5, 5.41) is 10.2. The van der Waals surface area contributed by atoms with Crippen LogP contribution in [-0.2, 0) is 20.0 Å². The van der Waals surface area contributed by atoms with Crippen molar-refractivity contribution >= 4 is 27.3 Å². The highest BCUT2D eigenvalue weighted by Crippen LogP contribution is 2.51. The summed E-state index contributed by atoms with van der Waals surface area (Å²) in [5.41, 5.74) is -1.43. The van der Waals surface area contributed by atoms with Gasteiger partial charge in [0.1, 0.15) is 17.7 Å². The molecule has 1 aromatic rings.